The second-order valence-electron chi connectivity index (χ2n) is 5.00. The lowest BCUT2D eigenvalue weighted by Crippen LogP contribution is -1.99. The minimum absolute atomic E-state index is 0.302. The van der Waals surface area contributed by atoms with Crippen LogP contribution in [0.3, 0.4) is 0 Å². The molecule has 0 amide bonds. The van der Waals surface area contributed by atoms with Crippen molar-refractivity contribution in [3.05, 3.63) is 57.3 Å². The zero-order chi connectivity index (χ0) is 16.0. The molecule has 0 spiro atoms. The predicted molar refractivity (Wildman–Crippen MR) is 93.4 cm³/mol. The standard InChI is InChI=1S/C16H10BrN3O2S/c17-11-7-18-20(14-6-9-3-1-2-4-12(9)19-14)15(11)10-5-13(16(21)22)23-8-10/h1-8,19H,(H,21,22). The first-order valence-electron chi connectivity index (χ1n) is 6.77. The maximum absolute atomic E-state index is 11.1. The fourth-order valence-corrected chi connectivity index (χ4v) is 3.73. The highest BCUT2D eigenvalue weighted by Gasteiger charge is 2.17. The third-order valence-corrected chi connectivity index (χ3v) is 5.05. The molecule has 3 heterocycles. The maximum atomic E-state index is 11.1. The van der Waals surface area contributed by atoms with E-state index in [0.29, 0.717) is 4.88 Å². The van der Waals surface area contributed by atoms with Crippen molar-refractivity contribution in [2.24, 2.45) is 0 Å². The van der Waals surface area contributed by atoms with Crippen molar-refractivity contribution in [3.8, 4) is 17.1 Å². The molecule has 0 aliphatic carbocycles. The molecule has 0 aliphatic rings. The Labute approximate surface area is 143 Å². The van der Waals surface area contributed by atoms with E-state index in [9.17, 15) is 4.79 Å². The number of aromatic carboxylic acids is 1. The highest BCUT2D eigenvalue weighted by molar-refractivity contribution is 9.10. The van der Waals surface area contributed by atoms with E-state index in [2.05, 4.69) is 26.0 Å². The molecule has 23 heavy (non-hydrogen) atoms. The SMILES string of the molecule is O=C(O)c1cc(-c2c(Br)cnn2-c2cc3ccccc3[nH]2)cs1. The summed E-state index contributed by atoms with van der Waals surface area (Å²) in [5.41, 5.74) is 2.66. The van der Waals surface area contributed by atoms with Gasteiger partial charge in [-0.2, -0.15) is 5.10 Å². The van der Waals surface area contributed by atoms with Gasteiger partial charge in [-0.1, -0.05) is 18.2 Å². The van der Waals surface area contributed by atoms with Crippen LogP contribution < -0.4 is 0 Å². The number of H-pyrrole nitrogens is 1. The first-order chi connectivity index (χ1) is 11.1. The summed E-state index contributed by atoms with van der Waals surface area (Å²) in [6.45, 7) is 0. The summed E-state index contributed by atoms with van der Waals surface area (Å²) in [5.74, 6) is -0.0935. The molecule has 7 heteroatoms. The lowest BCUT2D eigenvalue weighted by atomic mass is 10.2. The van der Waals surface area contributed by atoms with Crippen LogP contribution in [0.25, 0.3) is 28.0 Å². The average Bonchev–Trinajstić information content (AvgIpc) is 3.23. The van der Waals surface area contributed by atoms with E-state index < -0.39 is 5.97 Å². The molecule has 0 saturated carbocycles. The number of carboxylic acid groups (broad SMARTS) is 1. The minimum Gasteiger partial charge on any atom is -0.477 e. The topological polar surface area (TPSA) is 70.9 Å². The number of benzene rings is 1. The number of nitrogens with zero attached hydrogens (tertiary/aromatic N) is 2. The zero-order valence-electron chi connectivity index (χ0n) is 11.7. The zero-order valence-corrected chi connectivity index (χ0v) is 14.1. The third kappa shape index (κ3) is 2.38. The smallest absolute Gasteiger partial charge is 0.345 e. The van der Waals surface area contributed by atoms with Crippen LogP contribution in [0.2, 0.25) is 0 Å². The largest absolute Gasteiger partial charge is 0.477 e. The number of carboxylic acids is 1. The second kappa shape index (κ2) is 5.36. The Kier molecular flexibility index (Phi) is 3.32. The number of thiophene rings is 1. The van der Waals surface area contributed by atoms with Gasteiger partial charge < -0.3 is 10.1 Å². The highest BCUT2D eigenvalue weighted by atomic mass is 79.9. The van der Waals surface area contributed by atoms with Crippen LogP contribution in [-0.4, -0.2) is 25.8 Å². The monoisotopic (exact) mass is 387 g/mol. The molecule has 0 bridgehead atoms. The Morgan fingerprint density at radius 2 is 2.13 bits per heavy atom. The number of nitrogens with one attached hydrogen (secondary N) is 1. The van der Waals surface area contributed by atoms with Crippen LogP contribution in [0.15, 0.2) is 52.4 Å². The van der Waals surface area contributed by atoms with E-state index in [1.54, 1.807) is 16.9 Å². The Morgan fingerprint density at radius 3 is 2.87 bits per heavy atom. The number of hydrogen-bond donors (Lipinski definition) is 2. The summed E-state index contributed by atoms with van der Waals surface area (Å²) in [5, 5.41) is 16.4. The van der Waals surface area contributed by atoms with Crippen molar-refractivity contribution in [1.82, 2.24) is 14.8 Å². The van der Waals surface area contributed by atoms with Gasteiger partial charge in [-0.15, -0.1) is 11.3 Å². The van der Waals surface area contributed by atoms with E-state index in [1.165, 1.54) is 11.3 Å². The lowest BCUT2D eigenvalue weighted by molar-refractivity contribution is 0.0702. The molecular formula is C16H10BrN3O2S. The van der Waals surface area contributed by atoms with Gasteiger partial charge in [-0.25, -0.2) is 9.48 Å². The molecule has 0 unspecified atom stereocenters. The fraction of sp³-hybridized carbons (Fsp3) is 0. The molecule has 4 rings (SSSR count). The quantitative estimate of drug-likeness (QED) is 0.541. The summed E-state index contributed by atoms with van der Waals surface area (Å²) in [7, 11) is 0. The normalized spacial score (nSPS) is 11.2. The van der Waals surface area contributed by atoms with E-state index in [4.69, 9.17) is 5.11 Å². The summed E-state index contributed by atoms with van der Waals surface area (Å²) in [6.07, 6.45) is 1.71. The number of fused-ring (bicyclic) bond motifs is 1. The molecule has 3 aromatic heterocycles. The van der Waals surface area contributed by atoms with Crippen LogP contribution in [0.5, 0.6) is 0 Å². The number of aromatic nitrogens is 3. The van der Waals surface area contributed by atoms with Crippen LogP contribution in [-0.2, 0) is 0 Å². The summed E-state index contributed by atoms with van der Waals surface area (Å²) in [6, 6.07) is 11.7. The number of para-hydroxylation sites is 1. The minimum atomic E-state index is -0.922. The van der Waals surface area contributed by atoms with E-state index >= 15 is 0 Å². The van der Waals surface area contributed by atoms with Gasteiger partial charge in [-0.3, -0.25) is 0 Å². The van der Waals surface area contributed by atoms with Gasteiger partial charge in [0.2, 0.25) is 0 Å². The van der Waals surface area contributed by atoms with Crippen LogP contribution >= 0.6 is 27.3 Å². The van der Waals surface area contributed by atoms with E-state index in [0.717, 1.165) is 32.5 Å². The molecule has 0 atom stereocenters. The molecule has 0 fully saturated rings. The van der Waals surface area contributed by atoms with Crippen molar-refractivity contribution < 1.29 is 9.90 Å². The van der Waals surface area contributed by atoms with Crippen molar-refractivity contribution in [2.75, 3.05) is 0 Å². The number of carbonyl (C=O) groups is 1. The summed E-state index contributed by atoms with van der Waals surface area (Å²) in [4.78, 5) is 14.7. The number of halogens is 1. The second-order valence-corrected chi connectivity index (χ2v) is 6.77. The Hall–Kier alpha value is -2.38. The van der Waals surface area contributed by atoms with Gasteiger partial charge in [0, 0.05) is 21.8 Å². The molecule has 0 aliphatic heterocycles. The summed E-state index contributed by atoms with van der Waals surface area (Å²) >= 11 is 4.70. The first-order valence-corrected chi connectivity index (χ1v) is 8.44. The van der Waals surface area contributed by atoms with Gasteiger partial charge in [0.25, 0.3) is 0 Å². The Bertz CT molecular complexity index is 998. The molecular weight excluding hydrogens is 378 g/mol. The average molecular weight is 388 g/mol. The maximum Gasteiger partial charge on any atom is 0.345 e. The molecule has 0 radical (unpaired) electrons. The van der Waals surface area contributed by atoms with Crippen LogP contribution in [0.4, 0.5) is 0 Å². The van der Waals surface area contributed by atoms with Gasteiger partial charge in [-0.05, 0) is 34.1 Å². The lowest BCUT2D eigenvalue weighted by Gasteiger charge is -2.04. The molecule has 1 aromatic carbocycles. The van der Waals surface area contributed by atoms with E-state index in [-0.39, 0.29) is 0 Å². The third-order valence-electron chi connectivity index (χ3n) is 3.55. The fourth-order valence-electron chi connectivity index (χ4n) is 2.52. The predicted octanol–water partition coefficient (Wildman–Crippen LogP) is 4.54. The Morgan fingerprint density at radius 1 is 1.30 bits per heavy atom. The molecule has 114 valence electrons. The molecule has 5 nitrogen and oxygen atoms in total. The highest BCUT2D eigenvalue weighted by Crippen LogP contribution is 2.33. The van der Waals surface area contributed by atoms with Gasteiger partial charge in [0.05, 0.1) is 16.4 Å². The van der Waals surface area contributed by atoms with Gasteiger partial charge in [0.1, 0.15) is 10.7 Å². The first kappa shape index (κ1) is 14.2. The van der Waals surface area contributed by atoms with Crippen LogP contribution in [0, 0.1) is 0 Å². The van der Waals surface area contributed by atoms with Gasteiger partial charge in [0.15, 0.2) is 0 Å². The molecule has 2 N–H and O–H groups in total. The summed E-state index contributed by atoms with van der Waals surface area (Å²) < 4.78 is 2.59. The number of rotatable bonds is 3. The van der Waals surface area contributed by atoms with E-state index in [1.807, 2.05) is 35.7 Å². The molecule has 4 aromatic rings. The Balaban J connectivity index is 1.88. The van der Waals surface area contributed by atoms with Crippen LogP contribution in [0.1, 0.15) is 9.67 Å². The van der Waals surface area contributed by atoms with Crippen molar-refractivity contribution >= 4 is 44.1 Å². The number of aromatic amines is 1. The molecule has 0 saturated heterocycles. The van der Waals surface area contributed by atoms with Gasteiger partial charge >= 0.3 is 5.97 Å². The number of hydrogen-bond acceptors (Lipinski definition) is 3. The van der Waals surface area contributed by atoms with Crippen molar-refractivity contribution in [1.29, 1.82) is 0 Å². The van der Waals surface area contributed by atoms with Crippen molar-refractivity contribution in [2.45, 2.75) is 0 Å². The van der Waals surface area contributed by atoms with Crippen molar-refractivity contribution in [3.63, 3.8) is 0 Å².